The quantitative estimate of drug-likeness (QED) is 0.428. The molecule has 10 heteroatoms. The lowest BCUT2D eigenvalue weighted by atomic mass is 10.2. The van der Waals surface area contributed by atoms with Gasteiger partial charge in [-0.25, -0.2) is 13.6 Å². The molecule has 0 atom stereocenters. The molecule has 0 aliphatic carbocycles. The predicted octanol–water partition coefficient (Wildman–Crippen LogP) is 4.45. The Morgan fingerprint density at radius 1 is 1.10 bits per heavy atom. The highest BCUT2D eigenvalue weighted by Gasteiger charge is 2.14. The Bertz CT molecular complexity index is 1290. The molecule has 1 amide bonds. The highest BCUT2D eigenvalue weighted by Crippen LogP contribution is 2.32. The second-order valence-electron chi connectivity index (χ2n) is 6.02. The molecule has 0 aliphatic rings. The van der Waals surface area contributed by atoms with Crippen LogP contribution in [0.2, 0.25) is 10.0 Å². The van der Waals surface area contributed by atoms with Gasteiger partial charge < -0.3 is 9.73 Å². The van der Waals surface area contributed by atoms with Crippen LogP contribution in [0.3, 0.4) is 0 Å². The van der Waals surface area contributed by atoms with Crippen LogP contribution in [0, 0.1) is 11.3 Å². The lowest BCUT2D eigenvalue weighted by Gasteiger charge is -2.05. The number of nitrogens with zero attached hydrogens (tertiary/aromatic N) is 1. The van der Waals surface area contributed by atoms with Gasteiger partial charge in [0.1, 0.15) is 23.2 Å². The number of hydrogen-bond donors (Lipinski definition) is 2. The first-order valence-electron chi connectivity index (χ1n) is 8.28. The topological polar surface area (TPSA) is 126 Å². The van der Waals surface area contributed by atoms with Gasteiger partial charge in [-0.05, 0) is 54.6 Å². The Morgan fingerprint density at radius 3 is 2.43 bits per heavy atom. The van der Waals surface area contributed by atoms with Gasteiger partial charge in [0.2, 0.25) is 10.0 Å². The zero-order valence-corrected chi connectivity index (χ0v) is 17.4. The van der Waals surface area contributed by atoms with Crippen LogP contribution < -0.4 is 10.5 Å². The Morgan fingerprint density at radius 2 is 1.80 bits per heavy atom. The monoisotopic (exact) mass is 461 g/mol. The Labute approximate surface area is 182 Å². The molecule has 1 heterocycles. The van der Waals surface area contributed by atoms with Crippen molar-refractivity contribution in [3.8, 4) is 17.4 Å². The van der Waals surface area contributed by atoms with E-state index in [1.807, 2.05) is 0 Å². The van der Waals surface area contributed by atoms with E-state index in [9.17, 15) is 18.5 Å². The summed E-state index contributed by atoms with van der Waals surface area (Å²) in [7, 11) is -3.84. The fraction of sp³-hybridized carbons (Fsp3) is 0. The number of halogens is 2. The molecule has 152 valence electrons. The summed E-state index contributed by atoms with van der Waals surface area (Å²) in [6.45, 7) is 0. The molecule has 7 nitrogen and oxygen atoms in total. The van der Waals surface area contributed by atoms with Crippen molar-refractivity contribution in [3.05, 3.63) is 76.0 Å². The molecule has 0 aliphatic heterocycles. The number of nitriles is 1. The van der Waals surface area contributed by atoms with Crippen LogP contribution in [-0.4, -0.2) is 14.3 Å². The lowest BCUT2D eigenvalue weighted by molar-refractivity contribution is -0.112. The SMILES string of the molecule is N#C/C(=C\c1ccc(-c2cc(Cl)ccc2Cl)o1)C(=O)Nc1ccc(S(N)(=O)=O)cc1. The second-order valence-corrected chi connectivity index (χ2v) is 8.42. The summed E-state index contributed by atoms with van der Waals surface area (Å²) in [5.41, 5.74) is 0.643. The number of furan rings is 1. The van der Waals surface area contributed by atoms with E-state index >= 15 is 0 Å². The summed E-state index contributed by atoms with van der Waals surface area (Å²) in [4.78, 5) is 12.3. The lowest BCUT2D eigenvalue weighted by Crippen LogP contribution is -2.14. The van der Waals surface area contributed by atoms with Crippen LogP contribution in [-0.2, 0) is 14.8 Å². The number of rotatable bonds is 5. The van der Waals surface area contributed by atoms with E-state index < -0.39 is 15.9 Å². The van der Waals surface area contributed by atoms with Crippen LogP contribution >= 0.6 is 23.2 Å². The number of nitrogens with one attached hydrogen (secondary N) is 1. The molecule has 0 unspecified atom stereocenters. The van der Waals surface area contributed by atoms with Crippen molar-refractivity contribution < 1.29 is 17.6 Å². The van der Waals surface area contributed by atoms with Crippen molar-refractivity contribution in [3.63, 3.8) is 0 Å². The first-order chi connectivity index (χ1) is 14.2. The molecule has 0 fully saturated rings. The van der Waals surface area contributed by atoms with Crippen molar-refractivity contribution in [1.29, 1.82) is 5.26 Å². The molecule has 0 saturated carbocycles. The number of hydrogen-bond acceptors (Lipinski definition) is 5. The highest BCUT2D eigenvalue weighted by atomic mass is 35.5. The minimum absolute atomic E-state index is 0.0978. The smallest absolute Gasteiger partial charge is 0.266 e. The predicted molar refractivity (Wildman–Crippen MR) is 114 cm³/mol. The maximum Gasteiger partial charge on any atom is 0.266 e. The summed E-state index contributed by atoms with van der Waals surface area (Å²) in [6, 6.07) is 15.1. The summed E-state index contributed by atoms with van der Waals surface area (Å²) in [5.74, 6) is -0.0121. The van der Waals surface area contributed by atoms with Gasteiger partial charge in [-0.2, -0.15) is 5.26 Å². The number of amides is 1. The number of carbonyl (C=O) groups excluding carboxylic acids is 1. The fourth-order valence-corrected chi connectivity index (χ4v) is 3.38. The summed E-state index contributed by atoms with van der Waals surface area (Å²) in [5, 5.41) is 17.8. The minimum atomic E-state index is -3.84. The van der Waals surface area contributed by atoms with Gasteiger partial charge in [0.05, 0.1) is 9.92 Å². The normalized spacial score (nSPS) is 11.7. The average Bonchev–Trinajstić information content (AvgIpc) is 3.16. The van der Waals surface area contributed by atoms with Gasteiger partial charge in [-0.1, -0.05) is 23.2 Å². The van der Waals surface area contributed by atoms with Crippen LogP contribution in [0.5, 0.6) is 0 Å². The zero-order chi connectivity index (χ0) is 21.9. The number of benzene rings is 2. The van der Waals surface area contributed by atoms with Crippen LogP contribution in [0.1, 0.15) is 5.76 Å². The third-order valence-electron chi connectivity index (χ3n) is 3.91. The van der Waals surface area contributed by atoms with Crippen LogP contribution in [0.15, 0.2) is 69.5 Å². The third kappa shape index (κ3) is 5.09. The van der Waals surface area contributed by atoms with Gasteiger partial charge in [0.25, 0.3) is 5.91 Å². The minimum Gasteiger partial charge on any atom is -0.457 e. The van der Waals surface area contributed by atoms with E-state index in [-0.39, 0.29) is 16.2 Å². The first-order valence-corrected chi connectivity index (χ1v) is 10.6. The van der Waals surface area contributed by atoms with E-state index in [2.05, 4.69) is 5.32 Å². The summed E-state index contributed by atoms with van der Waals surface area (Å²) >= 11 is 12.1. The number of sulfonamides is 1. The molecule has 30 heavy (non-hydrogen) atoms. The Hall–Kier alpha value is -3.09. The third-order valence-corrected chi connectivity index (χ3v) is 5.41. The van der Waals surface area contributed by atoms with E-state index in [1.54, 1.807) is 36.4 Å². The first kappa shape index (κ1) is 21.6. The Kier molecular flexibility index (Phi) is 6.29. The maximum absolute atomic E-state index is 12.4. The summed E-state index contributed by atoms with van der Waals surface area (Å²) in [6.07, 6.45) is 1.27. The summed E-state index contributed by atoms with van der Waals surface area (Å²) < 4.78 is 28.2. The van der Waals surface area contributed by atoms with Gasteiger partial charge in [-0.15, -0.1) is 0 Å². The fourth-order valence-electron chi connectivity index (χ4n) is 2.48. The molecule has 0 bridgehead atoms. The highest BCUT2D eigenvalue weighted by molar-refractivity contribution is 7.89. The number of primary sulfonamides is 1. The van der Waals surface area contributed by atoms with Crippen molar-refractivity contribution in [2.75, 3.05) is 5.32 Å². The second kappa shape index (κ2) is 8.73. The Balaban J connectivity index is 1.80. The maximum atomic E-state index is 12.4. The average molecular weight is 462 g/mol. The van der Waals surface area contributed by atoms with Crippen LogP contribution in [0.4, 0.5) is 5.69 Å². The van der Waals surface area contributed by atoms with Gasteiger partial charge >= 0.3 is 0 Å². The number of nitrogens with two attached hydrogens (primary N) is 1. The van der Waals surface area contributed by atoms with Crippen molar-refractivity contribution >= 4 is 50.9 Å². The molecular formula is C20H13Cl2N3O4S. The number of anilines is 1. The molecular weight excluding hydrogens is 449 g/mol. The van der Waals surface area contributed by atoms with Crippen LogP contribution in [0.25, 0.3) is 17.4 Å². The molecule has 0 radical (unpaired) electrons. The molecule has 1 aromatic heterocycles. The largest absolute Gasteiger partial charge is 0.457 e. The standard InChI is InChI=1S/C20H13Cl2N3O4S/c21-13-1-7-18(22)17(10-13)19-8-4-15(29-19)9-12(11-23)20(26)25-14-2-5-16(6-3-14)30(24,27)28/h1-10H,(H,25,26)(H2,24,27,28)/b12-9+. The van der Waals surface area contributed by atoms with E-state index in [0.29, 0.717) is 27.1 Å². The molecule has 3 rings (SSSR count). The van der Waals surface area contributed by atoms with Gasteiger partial charge in [-0.3, -0.25) is 4.79 Å². The van der Waals surface area contributed by atoms with Gasteiger partial charge in [0.15, 0.2) is 0 Å². The van der Waals surface area contributed by atoms with Gasteiger partial charge in [0, 0.05) is 22.3 Å². The molecule has 0 spiro atoms. The molecule has 3 aromatic rings. The van der Waals surface area contributed by atoms with Crippen molar-refractivity contribution in [2.24, 2.45) is 5.14 Å². The van der Waals surface area contributed by atoms with E-state index in [0.717, 1.165) is 0 Å². The van der Waals surface area contributed by atoms with Crippen molar-refractivity contribution in [1.82, 2.24) is 0 Å². The molecule has 0 saturated heterocycles. The van der Waals surface area contributed by atoms with E-state index in [1.165, 1.54) is 30.3 Å². The number of carbonyl (C=O) groups is 1. The van der Waals surface area contributed by atoms with E-state index in [4.69, 9.17) is 32.8 Å². The molecule has 2 aromatic carbocycles. The van der Waals surface area contributed by atoms with Crippen molar-refractivity contribution in [2.45, 2.75) is 4.90 Å². The molecule has 3 N–H and O–H groups in total. The zero-order valence-electron chi connectivity index (χ0n) is 15.1.